The van der Waals surface area contributed by atoms with Crippen LogP contribution in [0.15, 0.2) is 0 Å². The molecule has 0 radical (unpaired) electrons. The number of aryl methyl sites for hydroxylation is 1. The molecule has 2 N–H and O–H groups in total. The third kappa shape index (κ3) is 3.08. The van der Waals surface area contributed by atoms with Gasteiger partial charge >= 0.3 is 5.97 Å². The Kier molecular flexibility index (Phi) is 4.63. The van der Waals surface area contributed by atoms with Crippen molar-refractivity contribution < 1.29 is 19.4 Å². The summed E-state index contributed by atoms with van der Waals surface area (Å²) in [5.74, 6) is -1.02. The smallest absolute Gasteiger partial charge is 0.347 e. The van der Waals surface area contributed by atoms with Gasteiger partial charge in [0.15, 0.2) is 0 Å². The number of hydrogen-bond donors (Lipinski definition) is 2. The second-order valence-electron chi connectivity index (χ2n) is 5.53. The number of ether oxygens (including phenoxy) is 1. The summed E-state index contributed by atoms with van der Waals surface area (Å²) >= 11 is 1.11. The van der Waals surface area contributed by atoms with E-state index in [4.69, 9.17) is 9.84 Å². The number of nitrogens with zero attached hydrogens (tertiary/aromatic N) is 1. The van der Waals surface area contributed by atoms with Crippen molar-refractivity contribution in [3.05, 3.63) is 15.6 Å². The number of carboxylic acid groups (broad SMARTS) is 1. The highest BCUT2D eigenvalue weighted by Gasteiger charge is 2.44. The van der Waals surface area contributed by atoms with Gasteiger partial charge in [-0.3, -0.25) is 4.79 Å². The molecule has 7 heteroatoms. The number of aromatic nitrogens is 1. The molecule has 1 aromatic rings. The van der Waals surface area contributed by atoms with Gasteiger partial charge in [-0.15, -0.1) is 11.3 Å². The van der Waals surface area contributed by atoms with Crippen LogP contribution in [0.5, 0.6) is 0 Å². The Balaban J connectivity index is 2.07. The Morgan fingerprint density at radius 2 is 2.19 bits per heavy atom. The molecule has 116 valence electrons. The predicted octanol–water partition coefficient (Wildman–Crippen LogP) is 2.14. The van der Waals surface area contributed by atoms with Gasteiger partial charge in [-0.25, -0.2) is 9.78 Å². The van der Waals surface area contributed by atoms with Crippen LogP contribution in [-0.4, -0.2) is 35.7 Å². The van der Waals surface area contributed by atoms with E-state index in [0.29, 0.717) is 17.3 Å². The van der Waals surface area contributed by atoms with Crippen LogP contribution in [0.2, 0.25) is 0 Å². The molecule has 1 aromatic heterocycles. The van der Waals surface area contributed by atoms with Crippen LogP contribution in [-0.2, 0) is 9.53 Å². The summed E-state index contributed by atoms with van der Waals surface area (Å²) in [5, 5.41) is 12.6. The van der Waals surface area contributed by atoms with E-state index < -0.39 is 11.4 Å². The van der Waals surface area contributed by atoms with Crippen molar-refractivity contribution >= 4 is 23.2 Å². The minimum Gasteiger partial charge on any atom is -0.477 e. The van der Waals surface area contributed by atoms with E-state index in [-0.39, 0.29) is 16.8 Å². The molecule has 0 bridgehead atoms. The van der Waals surface area contributed by atoms with E-state index in [1.165, 1.54) is 0 Å². The Morgan fingerprint density at radius 3 is 2.62 bits per heavy atom. The van der Waals surface area contributed by atoms with Crippen molar-refractivity contribution in [3.63, 3.8) is 0 Å². The number of methoxy groups -OCH3 is 1. The van der Waals surface area contributed by atoms with Gasteiger partial charge in [0.1, 0.15) is 9.88 Å². The van der Waals surface area contributed by atoms with E-state index in [2.05, 4.69) is 10.3 Å². The van der Waals surface area contributed by atoms with Crippen LogP contribution in [0.4, 0.5) is 0 Å². The zero-order valence-corrected chi connectivity index (χ0v) is 13.2. The van der Waals surface area contributed by atoms with Crippen LogP contribution in [0.25, 0.3) is 0 Å². The first-order chi connectivity index (χ1) is 9.89. The lowest BCUT2D eigenvalue weighted by Crippen LogP contribution is -2.49. The Bertz CT molecular complexity index is 551. The lowest BCUT2D eigenvalue weighted by molar-refractivity contribution is -0.141. The number of hydrogen-bond acceptors (Lipinski definition) is 5. The first-order valence-electron chi connectivity index (χ1n) is 6.90. The molecule has 0 aromatic carbocycles. The molecular formula is C14H20N2O4S. The minimum absolute atomic E-state index is 0.0344. The average molecular weight is 312 g/mol. The quantitative estimate of drug-likeness (QED) is 0.840. The molecule has 0 spiro atoms. The van der Waals surface area contributed by atoms with Gasteiger partial charge < -0.3 is 15.2 Å². The minimum atomic E-state index is -0.982. The molecule has 1 amide bonds. The molecule has 1 aliphatic rings. The monoisotopic (exact) mass is 312 g/mol. The number of rotatable bonds is 6. The van der Waals surface area contributed by atoms with Gasteiger partial charge in [0, 0.05) is 7.11 Å². The van der Waals surface area contributed by atoms with Crippen LogP contribution in [0, 0.1) is 12.3 Å². The maximum absolute atomic E-state index is 12.4. The van der Waals surface area contributed by atoms with Gasteiger partial charge in [0.2, 0.25) is 5.91 Å². The van der Waals surface area contributed by atoms with Crippen molar-refractivity contribution in [2.45, 2.75) is 39.2 Å². The molecule has 0 saturated heterocycles. The molecule has 2 rings (SSSR count). The lowest BCUT2D eigenvalue weighted by Gasteiger charge is -2.40. The van der Waals surface area contributed by atoms with Gasteiger partial charge in [0.05, 0.1) is 23.8 Å². The second-order valence-corrected chi connectivity index (χ2v) is 6.56. The average Bonchev–Trinajstić information content (AvgIpc) is 2.76. The number of carbonyl (C=O) groups is 2. The SMILES string of the molecule is COCC1(C(=O)N[C@@H](C)c2nc(C)c(C(=O)O)s2)CCC1. The highest BCUT2D eigenvalue weighted by Crippen LogP contribution is 2.41. The molecule has 1 heterocycles. The van der Waals surface area contributed by atoms with Crippen LogP contribution in [0.3, 0.4) is 0 Å². The van der Waals surface area contributed by atoms with Crippen LogP contribution >= 0.6 is 11.3 Å². The summed E-state index contributed by atoms with van der Waals surface area (Å²) in [6.07, 6.45) is 2.69. The zero-order chi connectivity index (χ0) is 15.6. The highest BCUT2D eigenvalue weighted by atomic mass is 32.1. The number of nitrogens with one attached hydrogen (secondary N) is 1. The fourth-order valence-corrected chi connectivity index (χ4v) is 3.44. The molecule has 21 heavy (non-hydrogen) atoms. The first kappa shape index (κ1) is 15.9. The number of amides is 1. The Labute approximate surface area is 127 Å². The van der Waals surface area contributed by atoms with Gasteiger partial charge in [-0.05, 0) is 26.7 Å². The summed E-state index contributed by atoms with van der Waals surface area (Å²) in [7, 11) is 1.60. The third-order valence-corrected chi connectivity index (χ3v) is 5.27. The van der Waals surface area contributed by atoms with Crippen molar-refractivity contribution in [3.8, 4) is 0 Å². The van der Waals surface area contributed by atoms with Crippen LogP contribution in [0.1, 0.15) is 52.6 Å². The second kappa shape index (κ2) is 6.11. The molecule has 1 saturated carbocycles. The van der Waals surface area contributed by atoms with E-state index in [9.17, 15) is 9.59 Å². The number of carbonyl (C=O) groups excluding carboxylic acids is 1. The number of thiazole rings is 1. The standard InChI is InChI=1S/C14H20N2O4S/c1-8-10(12(17)18)21-11(15-8)9(2)16-13(19)14(7-20-3)5-4-6-14/h9H,4-7H2,1-3H3,(H,16,19)(H,17,18)/t9-/m0/s1. The fraction of sp³-hybridized carbons (Fsp3) is 0.643. The summed E-state index contributed by atoms with van der Waals surface area (Å²) in [6.45, 7) is 3.90. The molecule has 1 fully saturated rings. The molecular weight excluding hydrogens is 292 g/mol. The number of aromatic carboxylic acids is 1. The fourth-order valence-electron chi connectivity index (χ4n) is 2.53. The van der Waals surface area contributed by atoms with Crippen LogP contribution < -0.4 is 5.32 Å². The van der Waals surface area contributed by atoms with Gasteiger partial charge in [-0.2, -0.15) is 0 Å². The van der Waals surface area contributed by atoms with Crippen molar-refractivity contribution in [2.75, 3.05) is 13.7 Å². The summed E-state index contributed by atoms with van der Waals surface area (Å²) in [5.41, 5.74) is 0.0594. The van der Waals surface area contributed by atoms with E-state index >= 15 is 0 Å². The van der Waals surface area contributed by atoms with E-state index in [1.54, 1.807) is 14.0 Å². The maximum atomic E-state index is 12.4. The van der Waals surface area contributed by atoms with Crippen molar-refractivity contribution in [1.29, 1.82) is 0 Å². The van der Waals surface area contributed by atoms with Crippen molar-refractivity contribution in [2.24, 2.45) is 5.41 Å². The summed E-state index contributed by atoms with van der Waals surface area (Å²) < 4.78 is 5.16. The lowest BCUT2D eigenvalue weighted by atomic mass is 9.68. The van der Waals surface area contributed by atoms with Gasteiger partial charge in [0.25, 0.3) is 0 Å². The first-order valence-corrected chi connectivity index (χ1v) is 7.72. The predicted molar refractivity (Wildman–Crippen MR) is 78.5 cm³/mol. The largest absolute Gasteiger partial charge is 0.477 e. The normalized spacial score (nSPS) is 17.9. The maximum Gasteiger partial charge on any atom is 0.347 e. The van der Waals surface area contributed by atoms with Crippen molar-refractivity contribution in [1.82, 2.24) is 10.3 Å². The summed E-state index contributed by atoms with van der Waals surface area (Å²) in [6, 6.07) is -0.302. The molecule has 6 nitrogen and oxygen atoms in total. The molecule has 0 unspecified atom stereocenters. The Hall–Kier alpha value is -1.47. The Morgan fingerprint density at radius 1 is 1.52 bits per heavy atom. The molecule has 1 atom stereocenters. The van der Waals surface area contributed by atoms with E-state index in [0.717, 1.165) is 30.6 Å². The topological polar surface area (TPSA) is 88.5 Å². The third-order valence-electron chi connectivity index (χ3n) is 3.94. The molecule has 0 aliphatic heterocycles. The van der Waals surface area contributed by atoms with Gasteiger partial charge in [-0.1, -0.05) is 6.42 Å². The summed E-state index contributed by atoms with van der Waals surface area (Å²) in [4.78, 5) is 27.9. The number of carboxylic acids is 1. The zero-order valence-electron chi connectivity index (χ0n) is 12.4. The highest BCUT2D eigenvalue weighted by molar-refractivity contribution is 7.13. The van der Waals surface area contributed by atoms with E-state index in [1.807, 2.05) is 6.92 Å². The molecule has 1 aliphatic carbocycles.